The van der Waals surface area contributed by atoms with Gasteiger partial charge in [-0.05, 0) is 42.5 Å². The van der Waals surface area contributed by atoms with E-state index in [-0.39, 0.29) is 6.04 Å². The highest BCUT2D eigenvalue weighted by molar-refractivity contribution is 9.10. The van der Waals surface area contributed by atoms with Crippen LogP contribution < -0.4 is 11.3 Å². The number of aryl methyl sites for hydroxylation is 2. The van der Waals surface area contributed by atoms with Crippen molar-refractivity contribution in [2.24, 2.45) is 5.84 Å². The molecule has 0 bridgehead atoms. The van der Waals surface area contributed by atoms with Gasteiger partial charge >= 0.3 is 0 Å². The first kappa shape index (κ1) is 14.3. The summed E-state index contributed by atoms with van der Waals surface area (Å²) >= 11 is 3.62. The van der Waals surface area contributed by atoms with Gasteiger partial charge < -0.3 is 0 Å². The van der Waals surface area contributed by atoms with E-state index in [4.69, 9.17) is 5.84 Å². The van der Waals surface area contributed by atoms with Gasteiger partial charge in [-0.1, -0.05) is 58.4 Å². The SMILES string of the molecule is Cc1ccc(C(CCc2ccccc2)NN)c(Br)c1. The Labute approximate surface area is 123 Å². The third kappa shape index (κ3) is 3.90. The molecule has 0 radical (unpaired) electrons. The maximum absolute atomic E-state index is 5.71. The van der Waals surface area contributed by atoms with Crippen molar-refractivity contribution in [2.75, 3.05) is 0 Å². The third-order valence-electron chi connectivity index (χ3n) is 3.30. The second-order valence-corrected chi connectivity index (χ2v) is 5.62. The molecular weight excluding hydrogens is 300 g/mol. The highest BCUT2D eigenvalue weighted by Gasteiger charge is 2.12. The summed E-state index contributed by atoms with van der Waals surface area (Å²) in [7, 11) is 0. The molecule has 1 atom stereocenters. The molecule has 0 saturated carbocycles. The molecule has 0 spiro atoms. The molecule has 2 rings (SSSR count). The number of benzene rings is 2. The molecule has 0 aromatic heterocycles. The van der Waals surface area contributed by atoms with Crippen molar-refractivity contribution in [3.63, 3.8) is 0 Å². The van der Waals surface area contributed by atoms with Crippen LogP contribution in [0, 0.1) is 6.92 Å². The summed E-state index contributed by atoms with van der Waals surface area (Å²) in [5, 5.41) is 0. The molecule has 19 heavy (non-hydrogen) atoms. The maximum Gasteiger partial charge on any atom is 0.0474 e. The lowest BCUT2D eigenvalue weighted by molar-refractivity contribution is 0.514. The van der Waals surface area contributed by atoms with E-state index in [1.807, 2.05) is 6.07 Å². The Hall–Kier alpha value is -1.16. The Kier molecular flexibility index (Phi) is 5.14. The standard InChI is InChI=1S/C16H19BrN2/c1-12-7-9-14(15(17)11-12)16(19-18)10-8-13-5-3-2-4-6-13/h2-7,9,11,16,19H,8,10,18H2,1H3. The molecule has 2 aromatic carbocycles. The Bertz CT molecular complexity index is 526. The molecule has 0 amide bonds. The van der Waals surface area contributed by atoms with Gasteiger partial charge in [-0.2, -0.15) is 0 Å². The van der Waals surface area contributed by atoms with Crippen LogP contribution in [-0.2, 0) is 6.42 Å². The van der Waals surface area contributed by atoms with Gasteiger partial charge in [-0.15, -0.1) is 0 Å². The summed E-state index contributed by atoms with van der Waals surface area (Å²) in [6, 6.07) is 17.0. The molecule has 2 aromatic rings. The Morgan fingerprint density at radius 3 is 2.53 bits per heavy atom. The van der Waals surface area contributed by atoms with Gasteiger partial charge in [-0.3, -0.25) is 11.3 Å². The predicted octanol–water partition coefficient (Wildman–Crippen LogP) is 3.89. The summed E-state index contributed by atoms with van der Waals surface area (Å²) in [5.74, 6) is 5.71. The van der Waals surface area contributed by atoms with Crippen molar-refractivity contribution in [1.82, 2.24) is 5.43 Å². The smallest absolute Gasteiger partial charge is 0.0474 e. The number of nitrogens with one attached hydrogen (secondary N) is 1. The van der Waals surface area contributed by atoms with Crippen LogP contribution in [0.1, 0.15) is 29.2 Å². The molecule has 0 aliphatic rings. The lowest BCUT2D eigenvalue weighted by Crippen LogP contribution is -2.28. The zero-order chi connectivity index (χ0) is 13.7. The van der Waals surface area contributed by atoms with Crippen molar-refractivity contribution < 1.29 is 0 Å². The second kappa shape index (κ2) is 6.85. The van der Waals surface area contributed by atoms with E-state index in [9.17, 15) is 0 Å². The average molecular weight is 319 g/mol. The molecule has 0 aliphatic heterocycles. The lowest BCUT2D eigenvalue weighted by atomic mass is 9.99. The van der Waals surface area contributed by atoms with Gasteiger partial charge in [0.1, 0.15) is 0 Å². The summed E-state index contributed by atoms with van der Waals surface area (Å²) in [4.78, 5) is 0. The summed E-state index contributed by atoms with van der Waals surface area (Å²) in [6.07, 6.45) is 1.98. The molecule has 3 N–H and O–H groups in total. The second-order valence-electron chi connectivity index (χ2n) is 4.77. The van der Waals surface area contributed by atoms with E-state index in [2.05, 4.69) is 70.7 Å². The maximum atomic E-state index is 5.71. The van der Waals surface area contributed by atoms with E-state index in [1.54, 1.807) is 0 Å². The fourth-order valence-electron chi connectivity index (χ4n) is 2.20. The van der Waals surface area contributed by atoms with Gasteiger partial charge in [0.05, 0.1) is 0 Å². The minimum atomic E-state index is 0.162. The van der Waals surface area contributed by atoms with Crippen LogP contribution in [0.25, 0.3) is 0 Å². The van der Waals surface area contributed by atoms with Crippen molar-refractivity contribution in [2.45, 2.75) is 25.8 Å². The normalized spacial score (nSPS) is 12.4. The molecule has 0 saturated heterocycles. The number of halogens is 1. The Morgan fingerprint density at radius 1 is 1.16 bits per heavy atom. The van der Waals surface area contributed by atoms with Crippen LogP contribution in [0.4, 0.5) is 0 Å². The van der Waals surface area contributed by atoms with Gasteiger partial charge in [0.15, 0.2) is 0 Å². The van der Waals surface area contributed by atoms with Gasteiger partial charge in [0, 0.05) is 10.5 Å². The van der Waals surface area contributed by atoms with Crippen molar-refractivity contribution in [3.8, 4) is 0 Å². The minimum absolute atomic E-state index is 0.162. The lowest BCUT2D eigenvalue weighted by Gasteiger charge is -2.18. The quantitative estimate of drug-likeness (QED) is 0.648. The van der Waals surface area contributed by atoms with E-state index >= 15 is 0 Å². The van der Waals surface area contributed by atoms with Crippen LogP contribution in [0.5, 0.6) is 0 Å². The third-order valence-corrected chi connectivity index (χ3v) is 3.98. The Morgan fingerprint density at radius 2 is 1.89 bits per heavy atom. The first-order valence-electron chi connectivity index (χ1n) is 6.47. The zero-order valence-corrected chi connectivity index (χ0v) is 12.7. The number of hydrogen-bond acceptors (Lipinski definition) is 2. The van der Waals surface area contributed by atoms with E-state index < -0.39 is 0 Å². The number of rotatable bonds is 5. The molecule has 0 heterocycles. The Balaban J connectivity index is 2.08. The zero-order valence-electron chi connectivity index (χ0n) is 11.1. The van der Waals surface area contributed by atoms with Gasteiger partial charge in [-0.25, -0.2) is 0 Å². The number of hydrazine groups is 1. The van der Waals surface area contributed by atoms with Crippen LogP contribution in [-0.4, -0.2) is 0 Å². The van der Waals surface area contributed by atoms with E-state index in [0.717, 1.165) is 17.3 Å². The molecule has 0 aliphatic carbocycles. The van der Waals surface area contributed by atoms with Crippen molar-refractivity contribution >= 4 is 15.9 Å². The predicted molar refractivity (Wildman–Crippen MR) is 83.7 cm³/mol. The fourth-order valence-corrected chi connectivity index (χ4v) is 2.97. The van der Waals surface area contributed by atoms with Gasteiger partial charge in [0.2, 0.25) is 0 Å². The molecule has 0 fully saturated rings. The van der Waals surface area contributed by atoms with Crippen molar-refractivity contribution in [3.05, 3.63) is 69.7 Å². The fraction of sp³-hybridized carbons (Fsp3) is 0.250. The molecule has 2 nitrogen and oxygen atoms in total. The summed E-state index contributed by atoms with van der Waals surface area (Å²) in [6.45, 7) is 2.09. The first-order valence-corrected chi connectivity index (χ1v) is 7.26. The van der Waals surface area contributed by atoms with Crippen LogP contribution in [0.15, 0.2) is 53.0 Å². The minimum Gasteiger partial charge on any atom is -0.271 e. The monoisotopic (exact) mass is 318 g/mol. The largest absolute Gasteiger partial charge is 0.271 e. The summed E-state index contributed by atoms with van der Waals surface area (Å²) in [5.41, 5.74) is 6.71. The molecule has 100 valence electrons. The van der Waals surface area contributed by atoms with E-state index in [0.29, 0.717) is 0 Å². The molecular formula is C16H19BrN2. The highest BCUT2D eigenvalue weighted by Crippen LogP contribution is 2.27. The number of nitrogens with two attached hydrogens (primary N) is 1. The molecule has 3 heteroatoms. The van der Waals surface area contributed by atoms with Crippen molar-refractivity contribution in [1.29, 1.82) is 0 Å². The highest BCUT2D eigenvalue weighted by atomic mass is 79.9. The summed E-state index contributed by atoms with van der Waals surface area (Å²) < 4.78 is 1.11. The number of hydrogen-bond donors (Lipinski definition) is 2. The van der Waals surface area contributed by atoms with Crippen LogP contribution in [0.2, 0.25) is 0 Å². The van der Waals surface area contributed by atoms with Crippen LogP contribution in [0.3, 0.4) is 0 Å². The average Bonchev–Trinajstić information content (AvgIpc) is 2.42. The first-order chi connectivity index (χ1) is 9.20. The van der Waals surface area contributed by atoms with E-state index in [1.165, 1.54) is 16.7 Å². The van der Waals surface area contributed by atoms with Gasteiger partial charge in [0.25, 0.3) is 0 Å². The topological polar surface area (TPSA) is 38.0 Å². The molecule has 1 unspecified atom stereocenters. The van der Waals surface area contributed by atoms with Crippen LogP contribution >= 0.6 is 15.9 Å².